The fourth-order valence-electron chi connectivity index (χ4n) is 4.16. The van der Waals surface area contributed by atoms with Gasteiger partial charge in [-0.15, -0.1) is 0 Å². The number of carbonyl (C=O) groups excluding carboxylic acids is 1. The van der Waals surface area contributed by atoms with Gasteiger partial charge in [0.15, 0.2) is 0 Å². The topological polar surface area (TPSA) is 81.6 Å². The lowest BCUT2D eigenvalue weighted by Gasteiger charge is -2.54. The molecule has 0 saturated carbocycles. The second kappa shape index (κ2) is 7.62. The van der Waals surface area contributed by atoms with Crippen LogP contribution in [0, 0.1) is 5.41 Å². The van der Waals surface area contributed by atoms with Gasteiger partial charge in [0.05, 0.1) is 5.56 Å². The van der Waals surface area contributed by atoms with E-state index in [-0.39, 0.29) is 5.56 Å². The zero-order valence-corrected chi connectivity index (χ0v) is 15.3. The molecule has 2 aliphatic rings. The first-order chi connectivity index (χ1) is 13.2. The average Bonchev–Trinajstić information content (AvgIpc) is 2.71. The van der Waals surface area contributed by atoms with E-state index in [2.05, 4.69) is 50.1 Å². The zero-order valence-electron chi connectivity index (χ0n) is 15.3. The van der Waals surface area contributed by atoms with E-state index in [0.29, 0.717) is 11.4 Å². The van der Waals surface area contributed by atoms with Crippen LogP contribution in [0.15, 0.2) is 42.7 Å². The first-order valence-electron chi connectivity index (χ1n) is 9.45. The summed E-state index contributed by atoms with van der Waals surface area (Å²) in [6.45, 7) is 5.39. The van der Waals surface area contributed by atoms with Gasteiger partial charge in [-0.3, -0.25) is 10.0 Å². The first-order valence-corrected chi connectivity index (χ1v) is 9.45. The van der Waals surface area contributed by atoms with Gasteiger partial charge in [0.2, 0.25) is 5.95 Å². The van der Waals surface area contributed by atoms with Gasteiger partial charge in [-0.25, -0.2) is 15.4 Å². The summed E-state index contributed by atoms with van der Waals surface area (Å²) in [5, 5.41) is 8.65. The molecule has 0 unspecified atom stereocenters. The van der Waals surface area contributed by atoms with Crippen molar-refractivity contribution in [3.05, 3.63) is 53.9 Å². The molecule has 0 aliphatic carbocycles. The Kier molecular flexibility index (Phi) is 5.05. The average molecular weight is 367 g/mol. The third-order valence-corrected chi connectivity index (χ3v) is 5.79. The summed E-state index contributed by atoms with van der Waals surface area (Å²) in [5.41, 5.74) is 3.70. The number of amides is 1. The van der Waals surface area contributed by atoms with Crippen molar-refractivity contribution in [3.8, 4) is 0 Å². The van der Waals surface area contributed by atoms with Gasteiger partial charge in [-0.05, 0) is 30.2 Å². The molecule has 2 fully saturated rings. The van der Waals surface area contributed by atoms with E-state index in [1.165, 1.54) is 31.0 Å². The van der Waals surface area contributed by atoms with Crippen LogP contribution in [-0.2, 0) is 6.42 Å². The summed E-state index contributed by atoms with van der Waals surface area (Å²) < 4.78 is 0. The Morgan fingerprint density at radius 2 is 1.78 bits per heavy atom. The maximum atomic E-state index is 11.3. The predicted molar refractivity (Wildman–Crippen MR) is 102 cm³/mol. The number of piperidine rings is 1. The standard InChI is InChI=1S/C20H25N5O2/c26-18(23-27)17-12-21-19(22-13-17)25-10-7-20(8-11-25)14-24(15-20)9-6-16-4-2-1-3-5-16/h1-5,12-13,27H,6-11,14-15H2,(H,23,26). The van der Waals surface area contributed by atoms with Gasteiger partial charge in [0.25, 0.3) is 5.91 Å². The number of hydrogen-bond donors (Lipinski definition) is 2. The molecule has 7 heteroatoms. The van der Waals surface area contributed by atoms with E-state index in [1.54, 1.807) is 5.48 Å². The number of nitrogens with one attached hydrogen (secondary N) is 1. The van der Waals surface area contributed by atoms with E-state index in [4.69, 9.17) is 5.21 Å². The Hall–Kier alpha value is -2.51. The highest BCUT2D eigenvalue weighted by molar-refractivity contribution is 5.92. The molecule has 142 valence electrons. The second-order valence-corrected chi connectivity index (χ2v) is 7.65. The molecule has 7 nitrogen and oxygen atoms in total. The van der Waals surface area contributed by atoms with Crippen LogP contribution in [0.5, 0.6) is 0 Å². The molecule has 2 aliphatic heterocycles. The van der Waals surface area contributed by atoms with Crippen LogP contribution in [0.25, 0.3) is 0 Å². The van der Waals surface area contributed by atoms with Crippen molar-refractivity contribution in [1.82, 2.24) is 20.3 Å². The second-order valence-electron chi connectivity index (χ2n) is 7.65. The van der Waals surface area contributed by atoms with Crippen LogP contribution >= 0.6 is 0 Å². The Bertz CT molecular complexity index is 765. The monoisotopic (exact) mass is 367 g/mol. The lowest BCUT2D eigenvalue weighted by atomic mass is 9.72. The van der Waals surface area contributed by atoms with Gasteiger partial charge in [0.1, 0.15) is 0 Å². The van der Waals surface area contributed by atoms with Crippen LogP contribution in [0.2, 0.25) is 0 Å². The maximum absolute atomic E-state index is 11.3. The molecule has 2 aromatic rings. The minimum atomic E-state index is -0.593. The molecule has 1 amide bonds. The molecule has 4 rings (SSSR count). The third kappa shape index (κ3) is 3.94. The number of carbonyl (C=O) groups is 1. The summed E-state index contributed by atoms with van der Waals surface area (Å²) in [5.74, 6) is 0.0591. The maximum Gasteiger partial charge on any atom is 0.277 e. The van der Waals surface area contributed by atoms with Crippen molar-refractivity contribution in [3.63, 3.8) is 0 Å². The Labute approximate surface area is 159 Å². The number of nitrogens with zero attached hydrogens (tertiary/aromatic N) is 4. The Balaban J connectivity index is 1.24. The van der Waals surface area contributed by atoms with Gasteiger partial charge in [-0.2, -0.15) is 0 Å². The fraction of sp³-hybridized carbons (Fsp3) is 0.450. The predicted octanol–water partition coefficient (Wildman–Crippen LogP) is 1.74. The number of rotatable bonds is 5. The van der Waals surface area contributed by atoms with Crippen molar-refractivity contribution in [2.75, 3.05) is 37.6 Å². The third-order valence-electron chi connectivity index (χ3n) is 5.79. The molecule has 0 atom stereocenters. The Morgan fingerprint density at radius 3 is 2.41 bits per heavy atom. The Morgan fingerprint density at radius 1 is 1.11 bits per heavy atom. The van der Waals surface area contributed by atoms with Crippen molar-refractivity contribution in [2.24, 2.45) is 5.41 Å². The minimum Gasteiger partial charge on any atom is -0.341 e. The summed E-state index contributed by atoms with van der Waals surface area (Å²) in [7, 11) is 0. The molecule has 1 spiro atoms. The lowest BCUT2D eigenvalue weighted by molar-refractivity contribution is -0.0174. The molecule has 2 saturated heterocycles. The smallest absolute Gasteiger partial charge is 0.277 e. The molecule has 1 aromatic carbocycles. The van der Waals surface area contributed by atoms with Gasteiger partial charge < -0.3 is 9.80 Å². The van der Waals surface area contributed by atoms with E-state index >= 15 is 0 Å². The van der Waals surface area contributed by atoms with Crippen molar-refractivity contribution < 1.29 is 10.0 Å². The van der Waals surface area contributed by atoms with E-state index in [9.17, 15) is 4.79 Å². The molecule has 0 bridgehead atoms. The molecule has 1 aromatic heterocycles. The summed E-state index contributed by atoms with van der Waals surface area (Å²) >= 11 is 0. The van der Waals surface area contributed by atoms with Crippen molar-refractivity contribution >= 4 is 11.9 Å². The molecule has 3 heterocycles. The van der Waals surface area contributed by atoms with Crippen molar-refractivity contribution in [1.29, 1.82) is 0 Å². The van der Waals surface area contributed by atoms with E-state index in [1.807, 2.05) is 0 Å². The quantitative estimate of drug-likeness (QED) is 0.619. The van der Waals surface area contributed by atoms with E-state index < -0.39 is 5.91 Å². The SMILES string of the molecule is O=C(NO)c1cnc(N2CCC3(CC2)CN(CCc2ccccc2)C3)nc1. The number of aromatic nitrogens is 2. The number of anilines is 1. The van der Waals surface area contributed by atoms with E-state index in [0.717, 1.165) is 38.9 Å². The van der Waals surface area contributed by atoms with Gasteiger partial charge in [-0.1, -0.05) is 30.3 Å². The molecular weight excluding hydrogens is 342 g/mol. The first kappa shape index (κ1) is 17.9. The van der Waals surface area contributed by atoms with Crippen LogP contribution in [0.3, 0.4) is 0 Å². The molecular formula is C20H25N5O2. The fourth-order valence-corrected chi connectivity index (χ4v) is 4.16. The lowest BCUT2D eigenvalue weighted by Crippen LogP contribution is -2.60. The highest BCUT2D eigenvalue weighted by atomic mass is 16.5. The summed E-state index contributed by atoms with van der Waals surface area (Å²) in [4.78, 5) is 24.6. The van der Waals surface area contributed by atoms with Crippen LogP contribution < -0.4 is 10.4 Å². The molecule has 2 N–H and O–H groups in total. The molecule has 27 heavy (non-hydrogen) atoms. The summed E-state index contributed by atoms with van der Waals surface area (Å²) in [6.07, 6.45) is 6.32. The zero-order chi connectivity index (χ0) is 18.7. The minimum absolute atomic E-state index is 0.253. The van der Waals surface area contributed by atoms with Gasteiger partial charge in [0, 0.05) is 45.1 Å². The van der Waals surface area contributed by atoms with Crippen LogP contribution in [-0.4, -0.2) is 58.7 Å². The van der Waals surface area contributed by atoms with Crippen molar-refractivity contribution in [2.45, 2.75) is 19.3 Å². The number of likely N-dealkylation sites (tertiary alicyclic amines) is 1. The molecule has 0 radical (unpaired) electrons. The van der Waals surface area contributed by atoms with Crippen LogP contribution in [0.1, 0.15) is 28.8 Å². The number of hydroxylamine groups is 1. The normalized spacial score (nSPS) is 18.9. The van der Waals surface area contributed by atoms with Gasteiger partial charge >= 0.3 is 0 Å². The summed E-state index contributed by atoms with van der Waals surface area (Å²) in [6, 6.07) is 10.7. The largest absolute Gasteiger partial charge is 0.341 e. The number of benzene rings is 1. The highest BCUT2D eigenvalue weighted by Gasteiger charge is 2.44. The van der Waals surface area contributed by atoms with Crippen LogP contribution in [0.4, 0.5) is 5.95 Å². The number of hydrogen-bond acceptors (Lipinski definition) is 6. The highest BCUT2D eigenvalue weighted by Crippen LogP contribution is 2.40.